The first-order valence-electron chi connectivity index (χ1n) is 13.6. The molecule has 0 saturated carbocycles. The summed E-state index contributed by atoms with van der Waals surface area (Å²) >= 11 is 6.53. The maximum atomic E-state index is 11.7. The van der Waals surface area contributed by atoms with E-state index in [-0.39, 0.29) is 50.0 Å². The van der Waals surface area contributed by atoms with Gasteiger partial charge in [-0.1, -0.05) is 22.9 Å². The number of aromatic nitrogens is 5. The second kappa shape index (κ2) is 15.5. The van der Waals surface area contributed by atoms with Crippen LogP contribution in [0.25, 0.3) is 11.4 Å². The van der Waals surface area contributed by atoms with Gasteiger partial charge in [0.25, 0.3) is 0 Å². The molecule has 0 amide bonds. The number of hydrogen-bond acceptors (Lipinski definition) is 10. The molecule has 3 aromatic rings. The standard InChI is InChI=1S/C27H34ClN9O4.Tm/c28-20-12-22-16-34-6-10-35(18-26(38)39)8-4-33(5-9-36(11-7-34)19-27(40)41)15-21-2-1-3-24(31-21)25-14-29-32-37(25)17-23(13-20)30-22;/h1-3,12-14H,4-11,15-19H2,(H,38,39)(H,40,41);. The molecule has 0 spiro atoms. The van der Waals surface area contributed by atoms with E-state index in [0.717, 1.165) is 28.5 Å². The molecule has 231 valence electrons. The first-order chi connectivity index (χ1) is 19.8. The Morgan fingerprint density at radius 2 is 1.31 bits per heavy atom. The zero-order chi connectivity index (χ0) is 28.8. The van der Waals surface area contributed by atoms with Crippen LogP contribution in [0.15, 0.2) is 36.5 Å². The van der Waals surface area contributed by atoms with Crippen LogP contribution in [0.5, 0.6) is 0 Å². The van der Waals surface area contributed by atoms with E-state index in [9.17, 15) is 19.8 Å². The van der Waals surface area contributed by atoms with Crippen molar-refractivity contribution in [2.45, 2.75) is 19.6 Å². The SMILES string of the molecule is O=C(O)CN1CCN2CCN(CC(=O)O)CCN(CC1)Cc1cccc(n1)-c1cnnn1Cc1cc(Cl)cc(n1)C2.[Tm]. The van der Waals surface area contributed by atoms with Crippen LogP contribution < -0.4 is 0 Å². The van der Waals surface area contributed by atoms with Crippen LogP contribution in [0, 0.1) is 36.9 Å². The quantitative estimate of drug-likeness (QED) is 0.390. The minimum Gasteiger partial charge on any atom is -0.480 e. The summed E-state index contributed by atoms with van der Waals surface area (Å²) in [5, 5.41) is 28.1. The predicted octanol–water partition coefficient (Wildman–Crippen LogP) is 0.841. The number of nitrogens with zero attached hydrogens (tertiary/aromatic N) is 9. The Morgan fingerprint density at radius 1 is 0.762 bits per heavy atom. The molecule has 1 radical (unpaired) electrons. The fourth-order valence-corrected chi connectivity index (χ4v) is 5.51. The van der Waals surface area contributed by atoms with Crippen molar-refractivity contribution in [3.63, 3.8) is 0 Å². The van der Waals surface area contributed by atoms with Gasteiger partial charge >= 0.3 is 11.9 Å². The van der Waals surface area contributed by atoms with Crippen molar-refractivity contribution < 1.29 is 56.7 Å². The van der Waals surface area contributed by atoms with Crippen molar-refractivity contribution >= 4 is 23.5 Å². The largest absolute Gasteiger partial charge is 0.480 e. The van der Waals surface area contributed by atoms with Gasteiger partial charge < -0.3 is 10.2 Å². The first kappa shape index (κ1) is 32.7. The van der Waals surface area contributed by atoms with Gasteiger partial charge in [-0.2, -0.15) is 0 Å². The summed E-state index contributed by atoms with van der Waals surface area (Å²) < 4.78 is 1.77. The maximum absolute atomic E-state index is 11.7. The molecule has 2 N–H and O–H groups in total. The summed E-state index contributed by atoms with van der Waals surface area (Å²) in [6, 6.07) is 9.45. The monoisotopic (exact) mass is 752 g/mol. The molecule has 6 bridgehead atoms. The molecule has 3 aromatic heterocycles. The van der Waals surface area contributed by atoms with E-state index in [0.29, 0.717) is 77.0 Å². The summed E-state index contributed by atoms with van der Waals surface area (Å²) in [5.74, 6) is -1.74. The molecule has 3 aliphatic rings. The van der Waals surface area contributed by atoms with E-state index in [1.54, 1.807) is 10.9 Å². The Balaban J connectivity index is 0.00000405. The smallest absolute Gasteiger partial charge is 0.317 e. The molecule has 1 fully saturated rings. The van der Waals surface area contributed by atoms with Crippen molar-refractivity contribution in [3.8, 4) is 11.4 Å². The topological polar surface area (TPSA) is 144 Å². The van der Waals surface area contributed by atoms with Crippen molar-refractivity contribution in [2.24, 2.45) is 0 Å². The first-order valence-corrected chi connectivity index (χ1v) is 14.0. The number of aliphatic carboxylic acids is 2. The van der Waals surface area contributed by atoms with E-state index in [1.807, 2.05) is 40.1 Å². The van der Waals surface area contributed by atoms with Crippen molar-refractivity contribution in [1.82, 2.24) is 44.6 Å². The number of hydrogen-bond donors (Lipinski definition) is 2. The van der Waals surface area contributed by atoms with Gasteiger partial charge in [0, 0.05) is 107 Å². The number of fused-ring (bicyclic) bond motifs is 8. The zero-order valence-corrected chi connectivity index (χ0v) is 25.6. The molecular weight excluding hydrogens is 719 g/mol. The molecule has 42 heavy (non-hydrogen) atoms. The van der Waals surface area contributed by atoms with Gasteiger partial charge in [0.15, 0.2) is 0 Å². The van der Waals surface area contributed by atoms with Gasteiger partial charge in [0.1, 0.15) is 5.69 Å². The third kappa shape index (κ3) is 9.37. The van der Waals surface area contributed by atoms with Gasteiger partial charge in [-0.25, -0.2) is 9.67 Å². The van der Waals surface area contributed by atoms with Crippen molar-refractivity contribution in [2.75, 3.05) is 65.4 Å². The van der Waals surface area contributed by atoms with Gasteiger partial charge in [-0.05, 0) is 24.3 Å². The molecular formula is C27H34ClN9O4Tm. The summed E-state index contributed by atoms with van der Waals surface area (Å²) in [7, 11) is 0. The Kier molecular flexibility index (Phi) is 12.0. The Bertz CT molecular complexity index is 1340. The maximum Gasteiger partial charge on any atom is 0.317 e. The normalized spacial score (nSPS) is 20.6. The second-order valence-corrected chi connectivity index (χ2v) is 10.9. The summed E-state index contributed by atoms with van der Waals surface area (Å²) in [5.41, 5.74) is 3.81. The predicted molar refractivity (Wildman–Crippen MR) is 150 cm³/mol. The van der Waals surface area contributed by atoms with Crippen molar-refractivity contribution in [1.29, 1.82) is 0 Å². The molecule has 15 heteroatoms. The minimum atomic E-state index is -0.870. The molecule has 0 aliphatic carbocycles. The van der Waals surface area contributed by atoms with Crippen LogP contribution in [0.2, 0.25) is 5.02 Å². The number of pyridine rings is 2. The third-order valence-corrected chi connectivity index (χ3v) is 7.53. The Hall–Kier alpha value is -2.26. The minimum absolute atomic E-state index is 0. The summed E-state index contributed by atoms with van der Waals surface area (Å²) in [4.78, 5) is 41.4. The van der Waals surface area contributed by atoms with Gasteiger partial charge in [0.05, 0.1) is 48.6 Å². The van der Waals surface area contributed by atoms with E-state index >= 15 is 0 Å². The van der Waals surface area contributed by atoms with E-state index < -0.39 is 11.9 Å². The number of carboxylic acid groups (broad SMARTS) is 2. The Morgan fingerprint density at radius 3 is 1.88 bits per heavy atom. The van der Waals surface area contributed by atoms with Crippen LogP contribution >= 0.6 is 11.6 Å². The van der Waals surface area contributed by atoms with Crippen LogP contribution in [0.3, 0.4) is 0 Å². The summed E-state index contributed by atoms with van der Waals surface area (Å²) in [6.45, 7) is 5.85. The second-order valence-electron chi connectivity index (χ2n) is 10.5. The van der Waals surface area contributed by atoms with Crippen LogP contribution in [0.1, 0.15) is 17.1 Å². The van der Waals surface area contributed by atoms with Crippen LogP contribution in [0.4, 0.5) is 0 Å². The molecule has 0 aromatic carbocycles. The van der Waals surface area contributed by atoms with E-state index in [1.165, 1.54) is 0 Å². The molecule has 1 saturated heterocycles. The fourth-order valence-electron chi connectivity index (χ4n) is 5.26. The number of carbonyl (C=O) groups is 2. The van der Waals surface area contributed by atoms with E-state index in [4.69, 9.17) is 21.6 Å². The number of rotatable bonds is 4. The Labute approximate surface area is 278 Å². The van der Waals surface area contributed by atoms with E-state index in [2.05, 4.69) is 20.1 Å². The molecule has 6 rings (SSSR count). The fraction of sp³-hybridized carbons (Fsp3) is 0.481. The molecule has 0 atom stereocenters. The molecule has 0 unspecified atom stereocenters. The average Bonchev–Trinajstić information content (AvgIpc) is 3.37. The molecule has 13 nitrogen and oxygen atoms in total. The van der Waals surface area contributed by atoms with Crippen LogP contribution in [-0.2, 0) is 29.2 Å². The number of halogens is 1. The molecule has 3 aliphatic heterocycles. The van der Waals surface area contributed by atoms with Crippen molar-refractivity contribution in [3.05, 3.63) is 58.6 Å². The average molecular weight is 753 g/mol. The molecule has 6 heterocycles. The van der Waals surface area contributed by atoms with Gasteiger partial charge in [-0.3, -0.25) is 34.2 Å². The zero-order valence-electron chi connectivity index (χ0n) is 23.0. The van der Waals surface area contributed by atoms with Gasteiger partial charge in [-0.15, -0.1) is 5.10 Å². The number of carboxylic acids is 2. The summed E-state index contributed by atoms with van der Waals surface area (Å²) in [6.07, 6.45) is 1.68. The van der Waals surface area contributed by atoms with Gasteiger partial charge in [0.2, 0.25) is 0 Å². The third-order valence-electron chi connectivity index (χ3n) is 7.31. The van der Waals surface area contributed by atoms with Crippen LogP contribution in [-0.4, -0.2) is 132 Å².